The molecule has 1 amide bonds. The molecule has 0 aliphatic carbocycles. The normalized spacial score (nSPS) is 15.0. The van der Waals surface area contributed by atoms with Gasteiger partial charge in [-0.1, -0.05) is 12.1 Å². The minimum absolute atomic E-state index is 0.0286. The Kier molecular flexibility index (Phi) is 4.59. The number of carbonyl (C=O) groups excluding carboxylic acids is 1. The lowest BCUT2D eigenvalue weighted by atomic mass is 10.2. The van der Waals surface area contributed by atoms with Crippen LogP contribution in [0.2, 0.25) is 0 Å². The van der Waals surface area contributed by atoms with Gasteiger partial charge in [-0.25, -0.2) is 17.5 Å². The summed E-state index contributed by atoms with van der Waals surface area (Å²) < 4.78 is 40.4. The van der Waals surface area contributed by atoms with Gasteiger partial charge in [-0.15, -0.1) is 0 Å². The maximum absolute atomic E-state index is 13.6. The molecule has 1 aliphatic rings. The van der Waals surface area contributed by atoms with Gasteiger partial charge in [0.2, 0.25) is 15.9 Å². The number of sulfonamides is 1. The van der Waals surface area contributed by atoms with Crippen LogP contribution in [0.25, 0.3) is 0 Å². The van der Waals surface area contributed by atoms with Gasteiger partial charge in [0.15, 0.2) is 0 Å². The number of anilines is 1. The summed E-state index contributed by atoms with van der Waals surface area (Å²) in [6, 6.07) is 6.89. The fourth-order valence-electron chi connectivity index (χ4n) is 2.56. The van der Waals surface area contributed by atoms with Crippen molar-refractivity contribution in [2.24, 2.45) is 0 Å². The van der Waals surface area contributed by atoms with E-state index in [4.69, 9.17) is 0 Å². The van der Waals surface area contributed by atoms with Crippen molar-refractivity contribution in [3.63, 3.8) is 0 Å². The molecule has 0 bridgehead atoms. The topological polar surface area (TPSA) is 79.4 Å². The van der Waals surface area contributed by atoms with E-state index in [0.29, 0.717) is 24.2 Å². The first-order valence-corrected chi connectivity index (χ1v) is 8.94. The van der Waals surface area contributed by atoms with Gasteiger partial charge in [0.25, 0.3) is 0 Å². The van der Waals surface area contributed by atoms with E-state index in [0.717, 1.165) is 12.5 Å². The van der Waals surface area contributed by atoms with Crippen LogP contribution in [0.5, 0.6) is 0 Å². The lowest BCUT2D eigenvalue weighted by molar-refractivity contribution is -0.117. The van der Waals surface area contributed by atoms with Crippen molar-refractivity contribution in [3.05, 3.63) is 54.1 Å². The first kappa shape index (κ1) is 16.5. The number of pyridine rings is 1. The number of benzene rings is 1. The minimum atomic E-state index is -3.97. The van der Waals surface area contributed by atoms with Gasteiger partial charge >= 0.3 is 0 Å². The minimum Gasteiger partial charge on any atom is -0.311 e. The molecule has 1 saturated heterocycles. The van der Waals surface area contributed by atoms with Crippen LogP contribution < -0.4 is 9.62 Å². The molecule has 2 heterocycles. The Balaban J connectivity index is 1.75. The third-order valence-electron chi connectivity index (χ3n) is 3.76. The number of nitrogens with zero attached hydrogens (tertiary/aromatic N) is 2. The summed E-state index contributed by atoms with van der Waals surface area (Å²) in [4.78, 5) is 17.1. The molecule has 126 valence electrons. The first-order valence-electron chi connectivity index (χ1n) is 7.46. The van der Waals surface area contributed by atoms with Crippen LogP contribution in [-0.4, -0.2) is 25.9 Å². The molecule has 0 atom stereocenters. The predicted molar refractivity (Wildman–Crippen MR) is 86.2 cm³/mol. The summed E-state index contributed by atoms with van der Waals surface area (Å²) in [6.45, 7) is 0.588. The molecule has 0 spiro atoms. The zero-order chi connectivity index (χ0) is 17.2. The van der Waals surface area contributed by atoms with Gasteiger partial charge in [0.05, 0.1) is 11.9 Å². The predicted octanol–water partition coefficient (Wildman–Crippen LogP) is 1.83. The largest absolute Gasteiger partial charge is 0.311 e. The highest BCUT2D eigenvalue weighted by molar-refractivity contribution is 7.89. The highest BCUT2D eigenvalue weighted by atomic mass is 32.2. The zero-order valence-electron chi connectivity index (χ0n) is 12.8. The monoisotopic (exact) mass is 349 g/mol. The van der Waals surface area contributed by atoms with Crippen molar-refractivity contribution < 1.29 is 17.6 Å². The Labute approximate surface area is 139 Å². The number of amides is 1. The number of hydrogen-bond donors (Lipinski definition) is 1. The number of rotatable bonds is 5. The number of halogens is 1. The fraction of sp³-hybridized carbons (Fsp3) is 0.250. The molecule has 2 aromatic rings. The van der Waals surface area contributed by atoms with E-state index in [9.17, 15) is 17.6 Å². The van der Waals surface area contributed by atoms with E-state index in [-0.39, 0.29) is 12.5 Å². The Morgan fingerprint density at radius 3 is 2.75 bits per heavy atom. The van der Waals surface area contributed by atoms with E-state index in [2.05, 4.69) is 9.71 Å². The number of hydrogen-bond acceptors (Lipinski definition) is 4. The molecule has 0 radical (unpaired) electrons. The van der Waals surface area contributed by atoms with Crippen molar-refractivity contribution >= 4 is 21.6 Å². The third-order valence-corrected chi connectivity index (χ3v) is 5.19. The molecule has 24 heavy (non-hydrogen) atoms. The van der Waals surface area contributed by atoms with Crippen molar-refractivity contribution in [2.45, 2.75) is 24.3 Å². The van der Waals surface area contributed by atoms with Crippen LogP contribution in [0.4, 0.5) is 10.1 Å². The Hall–Kier alpha value is -2.32. The second-order valence-corrected chi connectivity index (χ2v) is 7.19. The van der Waals surface area contributed by atoms with Gasteiger partial charge in [0, 0.05) is 25.7 Å². The Bertz CT molecular complexity index is 870. The molecule has 0 unspecified atom stereocenters. The van der Waals surface area contributed by atoms with Gasteiger partial charge in [0.1, 0.15) is 10.7 Å². The summed E-state index contributed by atoms with van der Waals surface area (Å²) in [7, 11) is -3.97. The maximum Gasteiger partial charge on any atom is 0.243 e. The Morgan fingerprint density at radius 2 is 2.04 bits per heavy atom. The lowest BCUT2D eigenvalue weighted by Crippen LogP contribution is -2.26. The first-order chi connectivity index (χ1) is 11.5. The molecule has 0 saturated carbocycles. The molecule has 1 aliphatic heterocycles. The van der Waals surface area contributed by atoms with E-state index >= 15 is 0 Å². The summed E-state index contributed by atoms with van der Waals surface area (Å²) in [5.74, 6) is -0.777. The van der Waals surface area contributed by atoms with E-state index in [1.54, 1.807) is 17.2 Å². The molecule has 6 nitrogen and oxygen atoms in total. The molecule has 1 aromatic carbocycles. The molecule has 8 heteroatoms. The van der Waals surface area contributed by atoms with Gasteiger partial charge in [-0.05, 0) is 30.2 Å². The molecule has 1 fully saturated rings. The fourth-order valence-corrected chi connectivity index (χ4v) is 3.65. The van der Waals surface area contributed by atoms with Crippen molar-refractivity contribution in [3.8, 4) is 0 Å². The second-order valence-electron chi connectivity index (χ2n) is 5.46. The summed E-state index contributed by atoms with van der Waals surface area (Å²) in [6.07, 6.45) is 4.37. The number of carbonyl (C=O) groups is 1. The van der Waals surface area contributed by atoms with Crippen LogP contribution >= 0.6 is 0 Å². The van der Waals surface area contributed by atoms with Crippen molar-refractivity contribution in [1.82, 2.24) is 9.71 Å². The van der Waals surface area contributed by atoms with Crippen LogP contribution in [-0.2, 0) is 21.4 Å². The molecule has 1 aromatic heterocycles. The summed E-state index contributed by atoms with van der Waals surface area (Å²) >= 11 is 0. The van der Waals surface area contributed by atoms with Crippen LogP contribution in [0.3, 0.4) is 0 Å². The van der Waals surface area contributed by atoms with Gasteiger partial charge in [-0.2, -0.15) is 0 Å². The lowest BCUT2D eigenvalue weighted by Gasteiger charge is -2.16. The van der Waals surface area contributed by atoms with E-state index in [1.807, 2.05) is 0 Å². The molecule has 1 N–H and O–H groups in total. The van der Waals surface area contributed by atoms with E-state index < -0.39 is 20.7 Å². The second kappa shape index (κ2) is 6.66. The van der Waals surface area contributed by atoms with Crippen LogP contribution in [0, 0.1) is 5.82 Å². The smallest absolute Gasteiger partial charge is 0.243 e. The van der Waals surface area contributed by atoms with Crippen molar-refractivity contribution in [2.75, 3.05) is 11.4 Å². The average molecular weight is 349 g/mol. The van der Waals surface area contributed by atoms with Gasteiger partial charge in [-0.3, -0.25) is 9.78 Å². The summed E-state index contributed by atoms with van der Waals surface area (Å²) in [5, 5.41) is 0. The standard InChI is InChI=1S/C16H16FN3O3S/c17-14-4-1-2-5-15(14)24(22,23)19-10-12-8-13(11-18-9-12)20-7-3-6-16(20)21/h1-2,4-5,8-9,11,19H,3,6-7,10H2. The molecular formula is C16H16FN3O3S. The van der Waals surface area contributed by atoms with Crippen LogP contribution in [0.1, 0.15) is 18.4 Å². The van der Waals surface area contributed by atoms with E-state index in [1.165, 1.54) is 24.4 Å². The number of nitrogens with one attached hydrogen (secondary N) is 1. The SMILES string of the molecule is O=C1CCCN1c1cncc(CNS(=O)(=O)c2ccccc2F)c1. The quantitative estimate of drug-likeness (QED) is 0.893. The summed E-state index contributed by atoms with van der Waals surface area (Å²) in [5.41, 5.74) is 1.23. The van der Waals surface area contributed by atoms with Gasteiger partial charge < -0.3 is 4.90 Å². The van der Waals surface area contributed by atoms with Crippen molar-refractivity contribution in [1.29, 1.82) is 0 Å². The average Bonchev–Trinajstić information content (AvgIpc) is 3.00. The molecule has 3 rings (SSSR count). The zero-order valence-corrected chi connectivity index (χ0v) is 13.6. The highest BCUT2D eigenvalue weighted by Gasteiger charge is 2.22. The van der Waals surface area contributed by atoms with Crippen LogP contribution in [0.15, 0.2) is 47.6 Å². The maximum atomic E-state index is 13.6. The number of aromatic nitrogens is 1. The highest BCUT2D eigenvalue weighted by Crippen LogP contribution is 2.21. The Morgan fingerprint density at radius 1 is 1.25 bits per heavy atom. The molecular weight excluding hydrogens is 333 g/mol. The third kappa shape index (κ3) is 3.44.